The number of benzene rings is 1. The van der Waals surface area contributed by atoms with Crippen molar-refractivity contribution in [2.45, 2.75) is 6.61 Å². The van der Waals surface area contributed by atoms with Gasteiger partial charge in [0.05, 0.1) is 21.5 Å². The molecule has 0 aliphatic heterocycles. The zero-order valence-corrected chi connectivity index (χ0v) is 12.0. The molecule has 3 aromatic rings. The summed E-state index contributed by atoms with van der Waals surface area (Å²) in [6.07, 6.45) is 0.832. The van der Waals surface area contributed by atoms with Crippen LogP contribution in [0.4, 0.5) is 0 Å². The van der Waals surface area contributed by atoms with Crippen molar-refractivity contribution in [3.05, 3.63) is 52.9 Å². The number of hydrogen-bond acceptors (Lipinski definition) is 6. The van der Waals surface area contributed by atoms with Crippen LogP contribution in [0.2, 0.25) is 0 Å². The Kier molecular flexibility index (Phi) is 3.85. The van der Waals surface area contributed by atoms with E-state index in [1.54, 1.807) is 6.07 Å². The maximum Gasteiger partial charge on any atom is 0.255 e. The molecule has 2 heterocycles. The lowest BCUT2D eigenvalue weighted by molar-refractivity contribution is 0.112. The largest absolute Gasteiger partial charge is 0.471 e. The minimum absolute atomic E-state index is 0.450. The molecule has 0 aliphatic rings. The molecule has 0 spiro atoms. The second-order valence-corrected chi connectivity index (χ2v) is 5.66. The third-order valence-corrected chi connectivity index (χ3v) is 4.18. The summed E-state index contributed by atoms with van der Waals surface area (Å²) in [5.41, 5.74) is 1.77. The summed E-state index contributed by atoms with van der Waals surface area (Å²) in [4.78, 5) is 12.3. The normalized spacial score (nSPS) is 10.4. The topological polar surface area (TPSA) is 52.1 Å². The SMILES string of the molecule is O=Cc1ccc(-c2nsnc2OCc2ccccc2)s1. The highest BCUT2D eigenvalue weighted by Crippen LogP contribution is 2.33. The number of ether oxygens (including phenoxy) is 1. The Morgan fingerprint density at radius 2 is 1.95 bits per heavy atom. The molecule has 0 aliphatic carbocycles. The summed E-state index contributed by atoms with van der Waals surface area (Å²) in [6.45, 7) is 0.450. The van der Waals surface area contributed by atoms with Gasteiger partial charge in [-0.3, -0.25) is 4.79 Å². The Morgan fingerprint density at radius 3 is 2.70 bits per heavy atom. The summed E-state index contributed by atoms with van der Waals surface area (Å²) < 4.78 is 14.1. The summed E-state index contributed by atoms with van der Waals surface area (Å²) in [5, 5.41) is 0. The Labute approximate surface area is 124 Å². The van der Waals surface area contributed by atoms with Gasteiger partial charge in [-0.15, -0.1) is 15.7 Å². The van der Waals surface area contributed by atoms with E-state index < -0.39 is 0 Å². The average molecular weight is 302 g/mol. The first-order valence-corrected chi connectivity index (χ1v) is 7.46. The van der Waals surface area contributed by atoms with Gasteiger partial charge in [0.15, 0.2) is 12.0 Å². The van der Waals surface area contributed by atoms with Crippen LogP contribution in [0.3, 0.4) is 0 Å². The first-order valence-electron chi connectivity index (χ1n) is 5.91. The van der Waals surface area contributed by atoms with Gasteiger partial charge in [0.2, 0.25) is 0 Å². The molecule has 20 heavy (non-hydrogen) atoms. The molecule has 0 atom stereocenters. The van der Waals surface area contributed by atoms with Crippen molar-refractivity contribution in [2.24, 2.45) is 0 Å². The van der Waals surface area contributed by atoms with Gasteiger partial charge in [0.25, 0.3) is 5.88 Å². The van der Waals surface area contributed by atoms with Crippen LogP contribution < -0.4 is 4.74 Å². The Hall–Kier alpha value is -2.05. The van der Waals surface area contributed by atoms with E-state index in [9.17, 15) is 4.79 Å². The number of thiophene rings is 1. The molecule has 6 heteroatoms. The van der Waals surface area contributed by atoms with E-state index in [2.05, 4.69) is 8.75 Å². The smallest absolute Gasteiger partial charge is 0.255 e. The van der Waals surface area contributed by atoms with E-state index >= 15 is 0 Å². The van der Waals surface area contributed by atoms with Crippen LogP contribution in [0, 0.1) is 0 Å². The highest BCUT2D eigenvalue weighted by Gasteiger charge is 2.14. The summed E-state index contributed by atoms with van der Waals surface area (Å²) >= 11 is 2.49. The number of carbonyl (C=O) groups is 1. The van der Waals surface area contributed by atoms with Gasteiger partial charge >= 0.3 is 0 Å². The van der Waals surface area contributed by atoms with Crippen LogP contribution in [0.15, 0.2) is 42.5 Å². The molecular formula is C14H10N2O2S2. The number of hydrogen-bond donors (Lipinski definition) is 0. The molecule has 3 rings (SSSR count). The maximum absolute atomic E-state index is 10.7. The summed E-state index contributed by atoms with van der Waals surface area (Å²) in [5.74, 6) is 0.512. The molecule has 2 aromatic heterocycles. The van der Waals surface area contributed by atoms with Crippen molar-refractivity contribution < 1.29 is 9.53 Å². The molecule has 100 valence electrons. The first kappa shape index (κ1) is 13.0. The highest BCUT2D eigenvalue weighted by atomic mass is 32.1. The second-order valence-electron chi connectivity index (χ2n) is 4.01. The predicted molar refractivity (Wildman–Crippen MR) is 79.4 cm³/mol. The zero-order chi connectivity index (χ0) is 13.8. The lowest BCUT2D eigenvalue weighted by atomic mass is 10.2. The number of rotatable bonds is 5. The summed E-state index contributed by atoms with van der Waals surface area (Å²) in [7, 11) is 0. The molecule has 0 amide bonds. The third-order valence-electron chi connectivity index (χ3n) is 2.65. The molecule has 0 saturated heterocycles. The Morgan fingerprint density at radius 1 is 1.10 bits per heavy atom. The lowest BCUT2D eigenvalue weighted by Gasteiger charge is -2.03. The van der Waals surface area contributed by atoms with Crippen LogP contribution in [0.1, 0.15) is 15.2 Å². The van der Waals surface area contributed by atoms with Gasteiger partial charge in [-0.05, 0) is 17.7 Å². The number of carbonyl (C=O) groups excluding carboxylic acids is 1. The quantitative estimate of drug-likeness (QED) is 0.675. The molecule has 0 saturated carbocycles. The van der Waals surface area contributed by atoms with Gasteiger partial charge < -0.3 is 4.74 Å². The molecule has 0 bridgehead atoms. The second kappa shape index (κ2) is 5.94. The van der Waals surface area contributed by atoms with Gasteiger partial charge in [-0.2, -0.15) is 4.37 Å². The number of aromatic nitrogens is 2. The van der Waals surface area contributed by atoms with E-state index in [0.717, 1.165) is 28.5 Å². The van der Waals surface area contributed by atoms with E-state index in [0.29, 0.717) is 23.1 Å². The minimum Gasteiger partial charge on any atom is -0.471 e. The average Bonchev–Trinajstić information content (AvgIpc) is 3.14. The van der Waals surface area contributed by atoms with Crippen molar-refractivity contribution in [1.82, 2.24) is 8.75 Å². The van der Waals surface area contributed by atoms with Crippen LogP contribution in [0.25, 0.3) is 10.6 Å². The van der Waals surface area contributed by atoms with Gasteiger partial charge in [0, 0.05) is 0 Å². The molecule has 0 N–H and O–H groups in total. The van der Waals surface area contributed by atoms with Gasteiger partial charge in [-0.1, -0.05) is 30.3 Å². The van der Waals surface area contributed by atoms with Crippen LogP contribution in [-0.2, 0) is 6.61 Å². The van der Waals surface area contributed by atoms with Crippen LogP contribution in [-0.4, -0.2) is 15.0 Å². The van der Waals surface area contributed by atoms with E-state index in [-0.39, 0.29) is 0 Å². The molecule has 0 unspecified atom stereocenters. The van der Waals surface area contributed by atoms with E-state index in [4.69, 9.17) is 4.74 Å². The molecule has 0 radical (unpaired) electrons. The highest BCUT2D eigenvalue weighted by molar-refractivity contribution is 7.17. The molecular weight excluding hydrogens is 292 g/mol. The lowest BCUT2D eigenvalue weighted by Crippen LogP contribution is -1.96. The van der Waals surface area contributed by atoms with Crippen molar-refractivity contribution in [3.63, 3.8) is 0 Å². The molecule has 1 aromatic carbocycles. The van der Waals surface area contributed by atoms with Gasteiger partial charge in [0.1, 0.15) is 6.61 Å². The number of nitrogens with zero attached hydrogens (tertiary/aromatic N) is 2. The van der Waals surface area contributed by atoms with Crippen molar-refractivity contribution >= 4 is 29.4 Å². The first-order chi connectivity index (χ1) is 9.86. The van der Waals surface area contributed by atoms with Crippen molar-refractivity contribution in [3.8, 4) is 16.5 Å². The zero-order valence-electron chi connectivity index (χ0n) is 10.4. The molecule has 4 nitrogen and oxygen atoms in total. The Balaban J connectivity index is 1.78. The van der Waals surface area contributed by atoms with Crippen molar-refractivity contribution in [1.29, 1.82) is 0 Å². The van der Waals surface area contributed by atoms with Crippen LogP contribution in [0.5, 0.6) is 5.88 Å². The number of aldehydes is 1. The minimum atomic E-state index is 0.450. The standard InChI is InChI=1S/C14H10N2O2S2/c17-8-11-6-7-12(19-11)13-14(16-20-15-13)18-9-10-4-2-1-3-5-10/h1-8H,9H2. The van der Waals surface area contributed by atoms with E-state index in [1.807, 2.05) is 36.4 Å². The summed E-state index contributed by atoms with van der Waals surface area (Å²) in [6, 6.07) is 13.5. The van der Waals surface area contributed by atoms with Crippen molar-refractivity contribution in [2.75, 3.05) is 0 Å². The van der Waals surface area contributed by atoms with Gasteiger partial charge in [-0.25, -0.2) is 0 Å². The fourth-order valence-electron chi connectivity index (χ4n) is 1.70. The maximum atomic E-state index is 10.7. The Bertz CT molecular complexity index is 707. The molecule has 0 fully saturated rings. The third kappa shape index (κ3) is 2.76. The van der Waals surface area contributed by atoms with Crippen LogP contribution >= 0.6 is 23.1 Å². The fourth-order valence-corrected chi connectivity index (χ4v) is 3.07. The monoisotopic (exact) mass is 302 g/mol. The van der Waals surface area contributed by atoms with E-state index in [1.165, 1.54) is 11.3 Å². The fraction of sp³-hybridized carbons (Fsp3) is 0.0714. The predicted octanol–water partition coefficient (Wildman–Crippen LogP) is 3.66.